The smallest absolute Gasteiger partial charge is 0.227 e. The maximum Gasteiger partial charge on any atom is 0.227 e. The van der Waals surface area contributed by atoms with Crippen molar-refractivity contribution in [3.05, 3.63) is 54.1 Å². The van der Waals surface area contributed by atoms with Crippen LogP contribution in [0.4, 0.5) is 15.8 Å². The number of carbonyl (C=O) groups excluding carboxylic acids is 1. The lowest BCUT2D eigenvalue weighted by Crippen LogP contribution is -2.23. The SMILES string of the molecule is CC(Nc1ccc(N2CCCC2=O)cc1)c1cncc(F)c1. The summed E-state index contributed by atoms with van der Waals surface area (Å²) in [6.45, 7) is 2.74. The van der Waals surface area contributed by atoms with Gasteiger partial charge in [0, 0.05) is 30.5 Å². The van der Waals surface area contributed by atoms with E-state index in [9.17, 15) is 9.18 Å². The number of carbonyl (C=O) groups is 1. The van der Waals surface area contributed by atoms with Crippen molar-refractivity contribution < 1.29 is 9.18 Å². The first kappa shape index (κ1) is 14.5. The fourth-order valence-electron chi connectivity index (χ4n) is 2.66. The van der Waals surface area contributed by atoms with Gasteiger partial charge in [-0.2, -0.15) is 0 Å². The molecule has 1 aromatic heterocycles. The third kappa shape index (κ3) is 3.08. The molecule has 1 saturated heterocycles. The Morgan fingerprint density at radius 1 is 1.27 bits per heavy atom. The number of pyridine rings is 1. The monoisotopic (exact) mass is 299 g/mol. The van der Waals surface area contributed by atoms with Crippen molar-refractivity contribution in [2.24, 2.45) is 0 Å². The van der Waals surface area contributed by atoms with Gasteiger partial charge in [-0.1, -0.05) is 0 Å². The van der Waals surface area contributed by atoms with Crippen LogP contribution in [0.1, 0.15) is 31.4 Å². The lowest BCUT2D eigenvalue weighted by molar-refractivity contribution is -0.117. The van der Waals surface area contributed by atoms with Gasteiger partial charge in [0.1, 0.15) is 5.82 Å². The molecule has 1 N–H and O–H groups in total. The maximum absolute atomic E-state index is 13.2. The normalized spacial score (nSPS) is 15.9. The minimum Gasteiger partial charge on any atom is -0.378 e. The maximum atomic E-state index is 13.2. The third-order valence-corrected chi connectivity index (χ3v) is 3.86. The Balaban J connectivity index is 1.69. The number of hydrogen-bond donors (Lipinski definition) is 1. The number of halogens is 1. The van der Waals surface area contributed by atoms with Gasteiger partial charge < -0.3 is 10.2 Å². The van der Waals surface area contributed by atoms with Gasteiger partial charge >= 0.3 is 0 Å². The summed E-state index contributed by atoms with van der Waals surface area (Å²) < 4.78 is 13.2. The highest BCUT2D eigenvalue weighted by molar-refractivity contribution is 5.95. The summed E-state index contributed by atoms with van der Waals surface area (Å²) in [6.07, 6.45) is 4.39. The highest BCUT2D eigenvalue weighted by Crippen LogP contribution is 2.25. The number of hydrogen-bond acceptors (Lipinski definition) is 3. The van der Waals surface area contributed by atoms with E-state index in [2.05, 4.69) is 10.3 Å². The second kappa shape index (κ2) is 6.13. The molecule has 1 amide bonds. The Kier molecular flexibility index (Phi) is 4.04. The molecule has 1 atom stereocenters. The number of nitrogens with zero attached hydrogens (tertiary/aromatic N) is 2. The number of rotatable bonds is 4. The van der Waals surface area contributed by atoms with E-state index in [0.717, 1.165) is 29.9 Å². The van der Waals surface area contributed by atoms with Gasteiger partial charge in [-0.25, -0.2) is 4.39 Å². The van der Waals surface area contributed by atoms with E-state index in [1.54, 1.807) is 6.20 Å². The second-order valence-corrected chi connectivity index (χ2v) is 5.50. The van der Waals surface area contributed by atoms with Crippen LogP contribution < -0.4 is 10.2 Å². The number of aromatic nitrogens is 1. The van der Waals surface area contributed by atoms with Gasteiger partial charge in [0.25, 0.3) is 0 Å². The molecular weight excluding hydrogens is 281 g/mol. The third-order valence-electron chi connectivity index (χ3n) is 3.86. The standard InChI is InChI=1S/C17H18FN3O/c1-12(13-9-14(18)11-19-10-13)20-15-4-6-16(7-5-15)21-8-2-3-17(21)22/h4-7,9-12,20H,2-3,8H2,1H3. The minimum absolute atomic E-state index is 0.0533. The fraction of sp³-hybridized carbons (Fsp3) is 0.294. The van der Waals surface area contributed by atoms with E-state index in [0.29, 0.717) is 6.42 Å². The zero-order valence-electron chi connectivity index (χ0n) is 12.4. The van der Waals surface area contributed by atoms with Crippen LogP contribution in [0.3, 0.4) is 0 Å². The number of benzene rings is 1. The highest BCUT2D eigenvalue weighted by atomic mass is 19.1. The zero-order valence-corrected chi connectivity index (χ0v) is 12.4. The average Bonchev–Trinajstić information content (AvgIpc) is 2.94. The summed E-state index contributed by atoms with van der Waals surface area (Å²) in [5.74, 6) is -0.158. The van der Waals surface area contributed by atoms with Crippen molar-refractivity contribution in [3.63, 3.8) is 0 Å². The molecule has 1 fully saturated rings. The van der Waals surface area contributed by atoms with E-state index in [1.165, 1.54) is 12.3 Å². The summed E-state index contributed by atoms with van der Waals surface area (Å²) in [7, 11) is 0. The first-order chi connectivity index (χ1) is 10.6. The lowest BCUT2D eigenvalue weighted by Gasteiger charge is -2.18. The number of nitrogens with one attached hydrogen (secondary N) is 1. The molecule has 0 saturated carbocycles. The van der Waals surface area contributed by atoms with Crippen LogP contribution in [0.15, 0.2) is 42.7 Å². The summed E-state index contributed by atoms with van der Waals surface area (Å²) in [5.41, 5.74) is 2.64. The second-order valence-electron chi connectivity index (χ2n) is 5.50. The van der Waals surface area contributed by atoms with Gasteiger partial charge in [-0.05, 0) is 49.2 Å². The molecule has 1 aromatic carbocycles. The molecule has 2 aromatic rings. The van der Waals surface area contributed by atoms with E-state index in [-0.39, 0.29) is 17.8 Å². The molecule has 1 unspecified atom stereocenters. The molecule has 1 aliphatic heterocycles. The molecule has 3 rings (SSSR count). The first-order valence-electron chi connectivity index (χ1n) is 7.41. The van der Waals surface area contributed by atoms with Crippen LogP contribution in [0, 0.1) is 5.82 Å². The zero-order chi connectivity index (χ0) is 15.5. The predicted octanol–water partition coefficient (Wildman–Crippen LogP) is 3.52. The van der Waals surface area contributed by atoms with E-state index in [1.807, 2.05) is 36.1 Å². The summed E-state index contributed by atoms with van der Waals surface area (Å²) >= 11 is 0. The molecule has 1 aliphatic rings. The summed E-state index contributed by atoms with van der Waals surface area (Å²) in [5, 5.41) is 3.30. The van der Waals surface area contributed by atoms with Crippen LogP contribution in [-0.4, -0.2) is 17.4 Å². The van der Waals surface area contributed by atoms with Crippen LogP contribution in [0.25, 0.3) is 0 Å². The van der Waals surface area contributed by atoms with E-state index >= 15 is 0 Å². The van der Waals surface area contributed by atoms with Crippen LogP contribution >= 0.6 is 0 Å². The largest absolute Gasteiger partial charge is 0.378 e. The molecule has 0 spiro atoms. The van der Waals surface area contributed by atoms with Gasteiger partial charge in [-0.15, -0.1) is 0 Å². The van der Waals surface area contributed by atoms with Crippen molar-refractivity contribution in [2.45, 2.75) is 25.8 Å². The lowest BCUT2D eigenvalue weighted by atomic mass is 10.1. The van der Waals surface area contributed by atoms with Crippen molar-refractivity contribution >= 4 is 17.3 Å². The molecule has 2 heterocycles. The average molecular weight is 299 g/mol. The first-order valence-corrected chi connectivity index (χ1v) is 7.41. The Hall–Kier alpha value is -2.43. The van der Waals surface area contributed by atoms with Crippen molar-refractivity contribution in [3.8, 4) is 0 Å². The fourth-order valence-corrected chi connectivity index (χ4v) is 2.66. The van der Waals surface area contributed by atoms with Crippen LogP contribution in [-0.2, 0) is 4.79 Å². The van der Waals surface area contributed by atoms with Gasteiger partial charge in [0.15, 0.2) is 0 Å². The Morgan fingerprint density at radius 2 is 2.05 bits per heavy atom. The van der Waals surface area contributed by atoms with Crippen molar-refractivity contribution in [1.29, 1.82) is 0 Å². The van der Waals surface area contributed by atoms with Gasteiger partial charge in [0.05, 0.1) is 12.2 Å². The number of anilines is 2. The van der Waals surface area contributed by atoms with Crippen LogP contribution in [0.2, 0.25) is 0 Å². The molecule has 22 heavy (non-hydrogen) atoms. The van der Waals surface area contributed by atoms with Crippen LogP contribution in [0.5, 0.6) is 0 Å². The Bertz CT molecular complexity index is 672. The van der Waals surface area contributed by atoms with Crippen molar-refractivity contribution in [1.82, 2.24) is 4.98 Å². The molecule has 4 nitrogen and oxygen atoms in total. The molecule has 114 valence electrons. The number of amides is 1. The highest BCUT2D eigenvalue weighted by Gasteiger charge is 2.21. The molecule has 0 radical (unpaired) electrons. The molecule has 5 heteroatoms. The van der Waals surface area contributed by atoms with E-state index in [4.69, 9.17) is 0 Å². The minimum atomic E-state index is -0.339. The van der Waals surface area contributed by atoms with Crippen molar-refractivity contribution in [2.75, 3.05) is 16.8 Å². The Labute approximate surface area is 129 Å². The summed E-state index contributed by atoms with van der Waals surface area (Å²) in [6, 6.07) is 9.16. The molecular formula is C17H18FN3O. The van der Waals surface area contributed by atoms with E-state index < -0.39 is 0 Å². The van der Waals surface area contributed by atoms with Gasteiger partial charge in [0.2, 0.25) is 5.91 Å². The Morgan fingerprint density at radius 3 is 2.68 bits per heavy atom. The molecule has 0 aliphatic carbocycles. The predicted molar refractivity (Wildman–Crippen MR) is 84.3 cm³/mol. The quantitative estimate of drug-likeness (QED) is 0.939. The molecule has 0 bridgehead atoms. The topological polar surface area (TPSA) is 45.2 Å². The van der Waals surface area contributed by atoms with Gasteiger partial charge in [-0.3, -0.25) is 9.78 Å². The summed E-state index contributed by atoms with van der Waals surface area (Å²) in [4.78, 5) is 17.4.